The van der Waals surface area contributed by atoms with Crippen LogP contribution in [0.25, 0.3) is 5.13 Å². The third kappa shape index (κ3) is 5.18. The Balaban J connectivity index is 1.44. The van der Waals surface area contributed by atoms with Gasteiger partial charge >= 0.3 is 0 Å². The summed E-state index contributed by atoms with van der Waals surface area (Å²) < 4.78 is 20.0. The molecule has 4 aromatic rings. The Hall–Kier alpha value is -3.58. The number of carbonyl (C=O) groups excluding carboxylic acids is 1. The van der Waals surface area contributed by atoms with E-state index in [1.807, 2.05) is 30.3 Å². The molecule has 0 aliphatic carbocycles. The van der Waals surface area contributed by atoms with Gasteiger partial charge in [-0.2, -0.15) is 0 Å². The number of hydrogen-bond donors (Lipinski definition) is 0. The number of halogens is 1. The molecule has 0 atom stereocenters. The van der Waals surface area contributed by atoms with E-state index in [1.54, 1.807) is 31.3 Å². The van der Waals surface area contributed by atoms with E-state index >= 15 is 0 Å². The largest absolute Gasteiger partial charge is 0.489 e. The van der Waals surface area contributed by atoms with Crippen LogP contribution in [-0.4, -0.2) is 15.3 Å². The molecule has 2 heterocycles. The van der Waals surface area contributed by atoms with Crippen molar-refractivity contribution in [2.45, 2.75) is 26.4 Å². The van der Waals surface area contributed by atoms with Crippen LogP contribution in [0.3, 0.4) is 0 Å². The van der Waals surface area contributed by atoms with Gasteiger partial charge in [-0.1, -0.05) is 53.8 Å². The molecule has 0 bridgehead atoms. The number of Topliss-reactive ketones (excluding diaryl/α,β-unsaturated/α-hetero) is 1. The fourth-order valence-electron chi connectivity index (χ4n) is 3.22. The SMILES string of the molecule is Cc1nc(-n2ccc(OCc3ccc(F)cc3)cc2=O)sc1C(=O)CCc1ccccc1. The fourth-order valence-corrected chi connectivity index (χ4v) is 4.24. The number of ketones is 1. The highest BCUT2D eigenvalue weighted by atomic mass is 32.1. The van der Waals surface area contributed by atoms with E-state index in [2.05, 4.69) is 4.98 Å². The van der Waals surface area contributed by atoms with Gasteiger partial charge in [0.25, 0.3) is 5.56 Å². The van der Waals surface area contributed by atoms with E-state index in [0.29, 0.717) is 34.3 Å². The van der Waals surface area contributed by atoms with Crippen LogP contribution >= 0.6 is 11.3 Å². The van der Waals surface area contributed by atoms with Crippen molar-refractivity contribution < 1.29 is 13.9 Å². The summed E-state index contributed by atoms with van der Waals surface area (Å²) >= 11 is 1.21. The van der Waals surface area contributed by atoms with Crippen LogP contribution in [0.4, 0.5) is 4.39 Å². The first-order valence-corrected chi connectivity index (χ1v) is 11.0. The molecule has 0 N–H and O–H groups in total. The second-order valence-electron chi connectivity index (χ2n) is 7.31. The molecule has 0 aliphatic heterocycles. The lowest BCUT2D eigenvalue weighted by Gasteiger charge is -2.07. The van der Waals surface area contributed by atoms with Crippen molar-refractivity contribution >= 4 is 17.1 Å². The summed E-state index contributed by atoms with van der Waals surface area (Å²) in [5, 5.41) is 0.445. The number of rotatable bonds is 8. The highest BCUT2D eigenvalue weighted by Crippen LogP contribution is 2.23. The van der Waals surface area contributed by atoms with Gasteiger partial charge in [0.15, 0.2) is 10.9 Å². The number of benzene rings is 2. The van der Waals surface area contributed by atoms with Crippen molar-refractivity contribution in [3.05, 3.63) is 111 Å². The molecule has 0 aliphatic rings. The van der Waals surface area contributed by atoms with Gasteiger partial charge in [0.2, 0.25) is 0 Å². The minimum atomic E-state index is -0.312. The average molecular weight is 449 g/mol. The molecular formula is C25H21FN2O3S. The quantitative estimate of drug-likeness (QED) is 0.350. The van der Waals surface area contributed by atoms with Crippen molar-refractivity contribution in [2.75, 3.05) is 0 Å². The van der Waals surface area contributed by atoms with Crippen molar-refractivity contribution in [2.24, 2.45) is 0 Å². The maximum absolute atomic E-state index is 13.0. The van der Waals surface area contributed by atoms with E-state index in [0.717, 1.165) is 11.1 Å². The summed E-state index contributed by atoms with van der Waals surface area (Å²) in [6.07, 6.45) is 2.63. The van der Waals surface area contributed by atoms with Gasteiger partial charge in [-0.25, -0.2) is 9.37 Å². The number of carbonyl (C=O) groups is 1. The van der Waals surface area contributed by atoms with Crippen LogP contribution in [0, 0.1) is 12.7 Å². The zero-order chi connectivity index (χ0) is 22.5. The Labute approximate surface area is 188 Å². The predicted octanol–water partition coefficient (Wildman–Crippen LogP) is 5.14. The Kier molecular flexibility index (Phi) is 6.56. The Morgan fingerprint density at radius 1 is 1.06 bits per heavy atom. The van der Waals surface area contributed by atoms with Crippen molar-refractivity contribution in [1.82, 2.24) is 9.55 Å². The lowest BCUT2D eigenvalue weighted by atomic mass is 10.1. The minimum Gasteiger partial charge on any atom is -0.489 e. The van der Waals surface area contributed by atoms with Crippen molar-refractivity contribution in [3.63, 3.8) is 0 Å². The smallest absolute Gasteiger partial charge is 0.260 e. The molecule has 7 heteroatoms. The lowest BCUT2D eigenvalue weighted by Crippen LogP contribution is -2.16. The van der Waals surface area contributed by atoms with Gasteiger partial charge < -0.3 is 4.74 Å². The van der Waals surface area contributed by atoms with Gasteiger partial charge in [-0.3, -0.25) is 14.2 Å². The summed E-state index contributed by atoms with van der Waals surface area (Å²) in [6.45, 7) is 2.00. The average Bonchev–Trinajstić information content (AvgIpc) is 3.19. The lowest BCUT2D eigenvalue weighted by molar-refractivity contribution is 0.0986. The van der Waals surface area contributed by atoms with E-state index in [4.69, 9.17) is 4.74 Å². The van der Waals surface area contributed by atoms with Crippen LogP contribution in [-0.2, 0) is 13.0 Å². The highest BCUT2D eigenvalue weighted by Gasteiger charge is 2.17. The molecule has 0 radical (unpaired) electrons. The number of nitrogens with zero attached hydrogens (tertiary/aromatic N) is 2. The third-order valence-electron chi connectivity index (χ3n) is 4.94. The number of thiazole rings is 1. The molecule has 0 amide bonds. The molecule has 2 aromatic heterocycles. The van der Waals surface area contributed by atoms with Crippen LogP contribution in [0.5, 0.6) is 5.75 Å². The zero-order valence-electron chi connectivity index (χ0n) is 17.5. The molecular weight excluding hydrogens is 427 g/mol. The Bertz CT molecular complexity index is 1280. The normalized spacial score (nSPS) is 10.8. The van der Waals surface area contributed by atoms with E-state index in [-0.39, 0.29) is 23.8 Å². The third-order valence-corrected chi connectivity index (χ3v) is 6.14. The monoisotopic (exact) mass is 448 g/mol. The van der Waals surface area contributed by atoms with Crippen LogP contribution in [0.1, 0.15) is 32.9 Å². The summed E-state index contributed by atoms with van der Waals surface area (Å²) in [4.78, 5) is 30.3. The highest BCUT2D eigenvalue weighted by molar-refractivity contribution is 7.16. The topological polar surface area (TPSA) is 61.2 Å². The summed E-state index contributed by atoms with van der Waals surface area (Å²) in [5.41, 5.74) is 2.21. The molecule has 162 valence electrons. The first-order chi connectivity index (χ1) is 15.5. The number of hydrogen-bond acceptors (Lipinski definition) is 5. The summed E-state index contributed by atoms with van der Waals surface area (Å²) in [7, 11) is 0. The van der Waals surface area contributed by atoms with Crippen molar-refractivity contribution in [1.29, 1.82) is 0 Å². The number of pyridine rings is 1. The summed E-state index contributed by atoms with van der Waals surface area (Å²) in [5.74, 6) is 0.110. The minimum absolute atomic E-state index is 0.0161. The van der Waals surface area contributed by atoms with Crippen LogP contribution < -0.4 is 10.3 Å². The maximum Gasteiger partial charge on any atom is 0.260 e. The predicted molar refractivity (Wildman–Crippen MR) is 122 cm³/mol. The molecule has 2 aromatic carbocycles. The Morgan fingerprint density at radius 2 is 1.81 bits per heavy atom. The molecule has 32 heavy (non-hydrogen) atoms. The second-order valence-corrected chi connectivity index (χ2v) is 8.28. The fraction of sp³-hybridized carbons (Fsp3) is 0.160. The van der Waals surface area contributed by atoms with Gasteiger partial charge in [-0.15, -0.1) is 0 Å². The zero-order valence-corrected chi connectivity index (χ0v) is 18.3. The Morgan fingerprint density at radius 3 is 2.53 bits per heavy atom. The molecule has 0 fully saturated rings. The van der Waals surface area contributed by atoms with Crippen molar-refractivity contribution in [3.8, 4) is 10.9 Å². The summed E-state index contributed by atoms with van der Waals surface area (Å²) in [6, 6.07) is 18.9. The van der Waals surface area contributed by atoms with Crippen LogP contribution in [0.15, 0.2) is 77.7 Å². The molecule has 4 rings (SSSR count). The van der Waals surface area contributed by atoms with E-state index in [9.17, 15) is 14.0 Å². The van der Waals surface area contributed by atoms with Crippen LogP contribution in [0.2, 0.25) is 0 Å². The first kappa shape index (κ1) is 21.6. The number of aromatic nitrogens is 2. The molecule has 0 unspecified atom stereocenters. The molecule has 0 saturated heterocycles. The maximum atomic E-state index is 13.0. The molecule has 5 nitrogen and oxygen atoms in total. The number of ether oxygens (including phenoxy) is 1. The van der Waals surface area contributed by atoms with Gasteiger partial charge in [0.05, 0.1) is 10.6 Å². The van der Waals surface area contributed by atoms with E-state index < -0.39 is 0 Å². The van der Waals surface area contributed by atoms with E-state index in [1.165, 1.54) is 34.1 Å². The molecule has 0 spiro atoms. The van der Waals surface area contributed by atoms with Gasteiger partial charge in [0, 0.05) is 18.7 Å². The standard InChI is InChI=1S/C25H21FN2O3S/c1-17-24(22(29)12-9-18-5-3-2-4-6-18)32-25(27-17)28-14-13-21(15-23(28)30)31-16-19-7-10-20(26)11-8-19/h2-8,10-11,13-15H,9,12,16H2,1H3. The molecule has 0 saturated carbocycles. The first-order valence-electron chi connectivity index (χ1n) is 10.1. The second kappa shape index (κ2) is 9.70. The van der Waals surface area contributed by atoms with Gasteiger partial charge in [-0.05, 0) is 42.7 Å². The van der Waals surface area contributed by atoms with Gasteiger partial charge in [0.1, 0.15) is 18.2 Å². The number of aryl methyl sites for hydroxylation is 2.